The van der Waals surface area contributed by atoms with Gasteiger partial charge in [-0.25, -0.2) is 13.1 Å². The highest BCUT2D eigenvalue weighted by Crippen LogP contribution is 2.43. The Bertz CT molecular complexity index is 1020. The number of sulfone groups is 1. The number of carbonyl (C=O) groups excluding carboxylic acids is 1. The van der Waals surface area contributed by atoms with Crippen LogP contribution in [0.1, 0.15) is 59.8 Å². The van der Waals surface area contributed by atoms with E-state index in [1.807, 2.05) is 20.8 Å². The van der Waals surface area contributed by atoms with Crippen LogP contribution < -0.4 is 0 Å². The van der Waals surface area contributed by atoms with E-state index < -0.39 is 9.84 Å². The molecule has 0 unspecified atom stereocenters. The first-order chi connectivity index (χ1) is 12.0. The fourth-order valence-electron chi connectivity index (χ4n) is 3.88. The van der Waals surface area contributed by atoms with Gasteiger partial charge in [0.2, 0.25) is 5.88 Å². The van der Waals surface area contributed by atoms with Crippen molar-refractivity contribution in [3.8, 4) is 5.88 Å². The molecule has 0 aliphatic carbocycles. The first-order valence-electron chi connectivity index (χ1n) is 8.68. The number of benzene rings is 1. The number of rotatable bonds is 3. The molecule has 2 aromatic rings. The van der Waals surface area contributed by atoms with Gasteiger partial charge in [-0.05, 0) is 55.4 Å². The van der Waals surface area contributed by atoms with Crippen LogP contribution in [-0.2, 0) is 21.8 Å². The van der Waals surface area contributed by atoms with Gasteiger partial charge in [0.25, 0.3) is 0 Å². The van der Waals surface area contributed by atoms with E-state index >= 15 is 0 Å². The van der Waals surface area contributed by atoms with Crippen molar-refractivity contribution in [3.05, 3.63) is 40.1 Å². The quantitative estimate of drug-likeness (QED) is 0.832. The van der Waals surface area contributed by atoms with Crippen LogP contribution >= 0.6 is 0 Å². The second-order valence-electron chi connectivity index (χ2n) is 7.55. The second-order valence-corrected chi connectivity index (χ2v) is 9.60. The fourth-order valence-corrected chi connectivity index (χ4v) is 6.15. The van der Waals surface area contributed by atoms with Gasteiger partial charge < -0.3 is 5.11 Å². The summed E-state index contributed by atoms with van der Waals surface area (Å²) in [6.45, 7) is 9.80. The number of aromatic hydroxyl groups is 1. The summed E-state index contributed by atoms with van der Waals surface area (Å²) in [6, 6.07) is 1.62. The van der Waals surface area contributed by atoms with Gasteiger partial charge in [-0.2, -0.15) is 5.10 Å². The highest BCUT2D eigenvalue weighted by Gasteiger charge is 2.39. The van der Waals surface area contributed by atoms with Crippen molar-refractivity contribution < 1.29 is 18.3 Å². The SMILES string of the molecule is CCn1ncc(C(=O)c2cc(C)c3c(c2C)C(C)(C)CCS3(=O)=O)c1O. The van der Waals surface area contributed by atoms with Gasteiger partial charge >= 0.3 is 0 Å². The average molecular weight is 376 g/mol. The van der Waals surface area contributed by atoms with E-state index in [1.54, 1.807) is 19.9 Å². The third kappa shape index (κ3) is 2.65. The Labute approximate surface area is 153 Å². The fraction of sp³-hybridized carbons (Fsp3) is 0.474. The zero-order valence-electron chi connectivity index (χ0n) is 15.8. The van der Waals surface area contributed by atoms with Crippen molar-refractivity contribution in [3.63, 3.8) is 0 Å². The zero-order chi connectivity index (χ0) is 19.4. The predicted molar refractivity (Wildman–Crippen MR) is 98.6 cm³/mol. The lowest BCUT2D eigenvalue weighted by Crippen LogP contribution is -2.33. The van der Waals surface area contributed by atoms with E-state index in [1.165, 1.54) is 10.9 Å². The first kappa shape index (κ1) is 18.6. The molecule has 0 saturated carbocycles. The molecule has 0 saturated heterocycles. The molecule has 0 radical (unpaired) electrons. The van der Waals surface area contributed by atoms with Crippen LogP contribution in [0.25, 0.3) is 0 Å². The molecular weight excluding hydrogens is 352 g/mol. The standard InChI is InChI=1S/C19H24N2O4S/c1-6-21-18(23)14(10-20-21)16(22)13-9-11(2)17-15(12(13)3)19(4,5)7-8-26(17,24)25/h9-10,23H,6-8H2,1-5H3. The minimum atomic E-state index is -3.36. The summed E-state index contributed by atoms with van der Waals surface area (Å²) in [5, 5.41) is 14.3. The molecule has 1 N–H and O–H groups in total. The second kappa shape index (κ2) is 5.94. The van der Waals surface area contributed by atoms with Crippen LogP contribution in [0.15, 0.2) is 17.2 Å². The maximum absolute atomic E-state index is 13.1. The van der Waals surface area contributed by atoms with Crippen LogP contribution in [0.2, 0.25) is 0 Å². The Morgan fingerprint density at radius 2 is 1.96 bits per heavy atom. The molecule has 1 aliphatic heterocycles. The number of ketones is 1. The van der Waals surface area contributed by atoms with Crippen molar-refractivity contribution in [2.75, 3.05) is 5.75 Å². The van der Waals surface area contributed by atoms with Gasteiger partial charge in [0.15, 0.2) is 15.6 Å². The number of aromatic nitrogens is 2. The van der Waals surface area contributed by atoms with Crippen LogP contribution in [0.3, 0.4) is 0 Å². The van der Waals surface area contributed by atoms with Crippen molar-refractivity contribution in [2.45, 2.75) is 57.9 Å². The van der Waals surface area contributed by atoms with Crippen LogP contribution in [0.5, 0.6) is 5.88 Å². The van der Waals surface area contributed by atoms with Gasteiger partial charge in [-0.15, -0.1) is 0 Å². The molecule has 0 amide bonds. The average Bonchev–Trinajstić information content (AvgIpc) is 2.93. The molecule has 1 aromatic carbocycles. The number of hydrogen-bond acceptors (Lipinski definition) is 5. The topological polar surface area (TPSA) is 89.3 Å². The number of aryl methyl sites for hydroxylation is 2. The smallest absolute Gasteiger partial charge is 0.220 e. The molecule has 0 spiro atoms. The molecule has 2 heterocycles. The maximum atomic E-state index is 13.1. The molecule has 6 nitrogen and oxygen atoms in total. The number of hydrogen-bond donors (Lipinski definition) is 1. The van der Waals surface area contributed by atoms with E-state index in [0.717, 1.165) is 5.56 Å². The lowest BCUT2D eigenvalue weighted by molar-refractivity contribution is 0.103. The first-order valence-corrected chi connectivity index (χ1v) is 10.3. The molecule has 140 valence electrons. The summed E-state index contributed by atoms with van der Waals surface area (Å²) in [4.78, 5) is 13.4. The Morgan fingerprint density at radius 3 is 2.54 bits per heavy atom. The Balaban J connectivity index is 2.27. The van der Waals surface area contributed by atoms with Gasteiger partial charge in [-0.1, -0.05) is 13.8 Å². The summed E-state index contributed by atoms with van der Waals surface area (Å²) in [7, 11) is -3.36. The van der Waals surface area contributed by atoms with Crippen molar-refractivity contribution in [1.82, 2.24) is 9.78 Å². The zero-order valence-corrected chi connectivity index (χ0v) is 16.6. The molecule has 26 heavy (non-hydrogen) atoms. The van der Waals surface area contributed by atoms with Crippen LogP contribution in [0.4, 0.5) is 0 Å². The Morgan fingerprint density at radius 1 is 1.31 bits per heavy atom. The summed E-state index contributed by atoms with van der Waals surface area (Å²) < 4.78 is 26.6. The summed E-state index contributed by atoms with van der Waals surface area (Å²) in [5.74, 6) is -0.395. The van der Waals surface area contributed by atoms with E-state index in [2.05, 4.69) is 5.10 Å². The molecule has 0 bridgehead atoms. The Hall–Kier alpha value is -2.15. The summed E-state index contributed by atoms with van der Waals surface area (Å²) in [6.07, 6.45) is 1.87. The predicted octanol–water partition coefficient (Wildman–Crippen LogP) is 2.91. The molecule has 3 rings (SSSR count). The van der Waals surface area contributed by atoms with Crippen LogP contribution in [0, 0.1) is 13.8 Å². The van der Waals surface area contributed by atoms with Gasteiger partial charge in [0, 0.05) is 12.1 Å². The van der Waals surface area contributed by atoms with Gasteiger partial charge in [0.1, 0.15) is 5.56 Å². The largest absolute Gasteiger partial charge is 0.493 e. The molecule has 0 fully saturated rings. The summed E-state index contributed by atoms with van der Waals surface area (Å²) >= 11 is 0. The molecular formula is C19H24N2O4S. The third-order valence-electron chi connectivity index (χ3n) is 5.31. The number of fused-ring (bicyclic) bond motifs is 1. The normalized spacial score (nSPS) is 17.7. The molecule has 1 aliphatic rings. The molecule has 1 aromatic heterocycles. The third-order valence-corrected chi connectivity index (χ3v) is 7.20. The van der Waals surface area contributed by atoms with Crippen molar-refractivity contribution in [2.24, 2.45) is 0 Å². The van der Waals surface area contributed by atoms with Crippen LogP contribution in [-0.4, -0.2) is 34.8 Å². The monoisotopic (exact) mass is 376 g/mol. The van der Waals surface area contributed by atoms with Crippen molar-refractivity contribution in [1.29, 1.82) is 0 Å². The van der Waals surface area contributed by atoms with E-state index in [0.29, 0.717) is 34.6 Å². The van der Waals surface area contributed by atoms with Gasteiger partial charge in [0.05, 0.1) is 16.8 Å². The number of nitrogens with zero attached hydrogens (tertiary/aromatic N) is 2. The molecule has 7 heteroatoms. The van der Waals surface area contributed by atoms with Gasteiger partial charge in [-0.3, -0.25) is 4.79 Å². The van der Waals surface area contributed by atoms with E-state index in [4.69, 9.17) is 0 Å². The minimum Gasteiger partial charge on any atom is -0.493 e. The van der Waals surface area contributed by atoms with E-state index in [-0.39, 0.29) is 28.4 Å². The Kier molecular flexibility index (Phi) is 4.26. The highest BCUT2D eigenvalue weighted by atomic mass is 32.2. The van der Waals surface area contributed by atoms with Crippen molar-refractivity contribution >= 4 is 15.6 Å². The maximum Gasteiger partial charge on any atom is 0.220 e. The highest BCUT2D eigenvalue weighted by molar-refractivity contribution is 7.91. The lowest BCUT2D eigenvalue weighted by atomic mass is 9.77. The van der Waals surface area contributed by atoms with E-state index in [9.17, 15) is 18.3 Å². The molecule has 0 atom stereocenters. The summed E-state index contributed by atoms with van der Waals surface area (Å²) in [5.41, 5.74) is 2.15. The minimum absolute atomic E-state index is 0.116. The lowest BCUT2D eigenvalue weighted by Gasteiger charge is -2.35. The number of carbonyl (C=O) groups is 1.